The number of benzene rings is 2. The molecule has 112 valence electrons. The van der Waals surface area contributed by atoms with E-state index in [4.69, 9.17) is 14.2 Å². The molecular formula is C16H18LiO4P. The Bertz CT molecular complexity index is 609. The molecule has 6 heteroatoms. The fraction of sp³-hybridized carbons (Fsp3) is 0.188. The van der Waals surface area contributed by atoms with Crippen LogP contribution in [-0.2, 0) is 0 Å². The van der Waals surface area contributed by atoms with Gasteiger partial charge in [0.1, 0.15) is 17.2 Å². The van der Waals surface area contributed by atoms with Crippen LogP contribution in [0.3, 0.4) is 0 Å². The summed E-state index contributed by atoms with van der Waals surface area (Å²) in [6, 6.07) is 11.6. The van der Waals surface area contributed by atoms with Crippen molar-refractivity contribution in [2.75, 3.05) is 21.3 Å². The van der Waals surface area contributed by atoms with E-state index in [0.29, 0.717) is 25.6 Å². The van der Waals surface area contributed by atoms with E-state index in [1.165, 1.54) is 5.30 Å². The van der Waals surface area contributed by atoms with Gasteiger partial charge in [0, 0.05) is 0 Å². The summed E-state index contributed by atoms with van der Waals surface area (Å²) >= 11 is 0. The van der Waals surface area contributed by atoms with Crippen LogP contribution in [0.1, 0.15) is 11.8 Å². The Labute approximate surface area is 145 Å². The van der Waals surface area contributed by atoms with Crippen molar-refractivity contribution >= 4 is 25.5 Å². The molecule has 1 unspecified atom stereocenters. The van der Waals surface area contributed by atoms with Crippen molar-refractivity contribution in [3.8, 4) is 17.2 Å². The van der Waals surface area contributed by atoms with E-state index < -0.39 is 0 Å². The number of hydrogen-bond donors (Lipinski definition) is 0. The van der Waals surface area contributed by atoms with Crippen LogP contribution < -0.4 is 43.7 Å². The van der Waals surface area contributed by atoms with Gasteiger partial charge < -0.3 is 15.6 Å². The van der Waals surface area contributed by atoms with Gasteiger partial charge in [-0.25, -0.2) is 0 Å². The van der Waals surface area contributed by atoms with E-state index in [2.05, 4.69) is 0 Å². The van der Waals surface area contributed by atoms with Crippen molar-refractivity contribution in [3.63, 3.8) is 0 Å². The van der Waals surface area contributed by atoms with E-state index in [9.17, 15) is 4.79 Å². The fourth-order valence-electron chi connectivity index (χ4n) is 1.97. The summed E-state index contributed by atoms with van der Waals surface area (Å²) in [4.78, 5) is 11.1. The molecule has 0 heterocycles. The van der Waals surface area contributed by atoms with Gasteiger partial charge in [-0.3, -0.25) is 4.79 Å². The van der Waals surface area contributed by atoms with Crippen LogP contribution >= 0.6 is 8.58 Å². The molecule has 0 aliphatic heterocycles. The maximum Gasteiger partial charge on any atom is 1.00 e. The Hall–Kier alpha value is -1.46. The molecule has 1 atom stereocenters. The van der Waals surface area contributed by atoms with Gasteiger partial charge in [-0.15, -0.1) is 0 Å². The van der Waals surface area contributed by atoms with Gasteiger partial charge in [-0.05, 0) is 34.9 Å². The van der Waals surface area contributed by atoms with E-state index in [1.54, 1.807) is 21.3 Å². The van der Waals surface area contributed by atoms with Crippen molar-refractivity contribution < 1.29 is 39.3 Å². The van der Waals surface area contributed by atoms with Crippen molar-refractivity contribution in [3.05, 3.63) is 42.0 Å². The maximum atomic E-state index is 11.1. The first-order chi connectivity index (χ1) is 10.2. The van der Waals surface area contributed by atoms with E-state index >= 15 is 0 Å². The van der Waals surface area contributed by atoms with Crippen molar-refractivity contribution in [2.45, 2.75) is 0 Å². The molecule has 22 heavy (non-hydrogen) atoms. The SMILES string of the molecule is COc1ccc(Pc2cc(OC)c(C=O)c(OC)c2)cc1.[H-].[Li+]. The van der Waals surface area contributed by atoms with Gasteiger partial charge in [-0.1, -0.05) is 20.7 Å². The molecular weight excluding hydrogens is 294 g/mol. The van der Waals surface area contributed by atoms with Crippen LogP contribution in [0.2, 0.25) is 0 Å². The first-order valence-corrected chi connectivity index (χ1v) is 7.34. The van der Waals surface area contributed by atoms with Crippen molar-refractivity contribution in [2.24, 2.45) is 0 Å². The number of aldehydes is 1. The molecule has 0 fully saturated rings. The molecule has 2 aromatic rings. The van der Waals surface area contributed by atoms with Gasteiger partial charge in [-0.2, -0.15) is 0 Å². The van der Waals surface area contributed by atoms with Crippen LogP contribution in [0.4, 0.5) is 0 Å². The minimum Gasteiger partial charge on any atom is -1.00 e. The largest absolute Gasteiger partial charge is 1.00 e. The molecule has 0 N–H and O–H groups in total. The molecule has 0 amide bonds. The molecule has 0 aliphatic rings. The van der Waals surface area contributed by atoms with Crippen LogP contribution in [0.15, 0.2) is 36.4 Å². The fourth-order valence-corrected chi connectivity index (χ4v) is 3.04. The molecule has 0 aliphatic carbocycles. The summed E-state index contributed by atoms with van der Waals surface area (Å²) < 4.78 is 15.7. The number of carbonyl (C=O) groups excluding carboxylic acids is 1. The quantitative estimate of drug-likeness (QED) is 0.401. The minimum absolute atomic E-state index is 0. The molecule has 2 aromatic carbocycles. The summed E-state index contributed by atoms with van der Waals surface area (Å²) in [7, 11) is 5.17. The number of ether oxygens (including phenoxy) is 3. The second-order valence-corrected chi connectivity index (χ2v) is 5.67. The van der Waals surface area contributed by atoms with Crippen LogP contribution in [-0.4, -0.2) is 27.6 Å². The van der Waals surface area contributed by atoms with Gasteiger partial charge in [0.15, 0.2) is 6.29 Å². The molecule has 0 saturated heterocycles. The van der Waals surface area contributed by atoms with Gasteiger partial charge in [0.05, 0.1) is 26.9 Å². The zero-order valence-electron chi connectivity index (χ0n) is 14.2. The predicted molar refractivity (Wildman–Crippen MR) is 86.6 cm³/mol. The molecule has 0 aromatic heterocycles. The van der Waals surface area contributed by atoms with Gasteiger partial charge in [0.25, 0.3) is 0 Å². The first kappa shape index (κ1) is 18.6. The topological polar surface area (TPSA) is 44.8 Å². The summed E-state index contributed by atoms with van der Waals surface area (Å²) in [5.74, 6) is 1.88. The second kappa shape index (κ2) is 8.85. The normalized spacial score (nSPS) is 10.1. The number of methoxy groups -OCH3 is 3. The van der Waals surface area contributed by atoms with Gasteiger partial charge >= 0.3 is 18.9 Å². The van der Waals surface area contributed by atoms with E-state index in [1.807, 2.05) is 36.4 Å². The van der Waals surface area contributed by atoms with E-state index in [0.717, 1.165) is 17.3 Å². The Balaban J connectivity index is 0.00000242. The summed E-state index contributed by atoms with van der Waals surface area (Å²) in [6.45, 7) is 0. The Morgan fingerprint density at radius 1 is 0.909 bits per heavy atom. The smallest absolute Gasteiger partial charge is 1.00 e. The second-order valence-electron chi connectivity index (χ2n) is 4.27. The van der Waals surface area contributed by atoms with E-state index in [-0.39, 0.29) is 20.3 Å². The molecule has 2 rings (SSSR count). The monoisotopic (exact) mass is 312 g/mol. The minimum atomic E-state index is 0. The van der Waals surface area contributed by atoms with Crippen LogP contribution in [0.25, 0.3) is 0 Å². The molecule has 0 spiro atoms. The van der Waals surface area contributed by atoms with Crippen molar-refractivity contribution in [1.29, 1.82) is 0 Å². The maximum absolute atomic E-state index is 11.1. The first-order valence-electron chi connectivity index (χ1n) is 6.34. The number of rotatable bonds is 6. The summed E-state index contributed by atoms with van der Waals surface area (Å²) in [5, 5.41) is 2.21. The van der Waals surface area contributed by atoms with Crippen molar-refractivity contribution in [1.82, 2.24) is 0 Å². The zero-order valence-corrected chi connectivity index (χ0v) is 14.2. The predicted octanol–water partition coefficient (Wildman–Crippen LogP) is -0.729. The number of carbonyl (C=O) groups is 1. The zero-order chi connectivity index (χ0) is 15.2. The Morgan fingerprint density at radius 2 is 1.45 bits per heavy atom. The third kappa shape index (κ3) is 4.27. The summed E-state index contributed by atoms with van der Waals surface area (Å²) in [6.07, 6.45) is 0.748. The third-order valence-electron chi connectivity index (χ3n) is 3.04. The van der Waals surface area contributed by atoms with Crippen LogP contribution in [0, 0.1) is 0 Å². The Morgan fingerprint density at radius 3 is 1.86 bits per heavy atom. The summed E-state index contributed by atoms with van der Waals surface area (Å²) in [5.41, 5.74) is 0.434. The number of hydrogen-bond acceptors (Lipinski definition) is 4. The molecule has 4 nitrogen and oxygen atoms in total. The molecule has 0 bridgehead atoms. The molecule has 0 saturated carbocycles. The standard InChI is InChI=1S/C16H17O4P.Li.H/c1-18-11-4-6-12(7-5-11)21-13-8-15(19-2)14(10-17)16(9-13)20-3;;/h4-10,21H,1-3H3;;/q;+1;-1. The average molecular weight is 312 g/mol. The third-order valence-corrected chi connectivity index (χ3v) is 4.24. The van der Waals surface area contributed by atoms with Gasteiger partial charge in [0.2, 0.25) is 0 Å². The molecule has 0 radical (unpaired) electrons. The Kier molecular flexibility index (Phi) is 7.48. The average Bonchev–Trinajstić information content (AvgIpc) is 2.54. The van der Waals surface area contributed by atoms with Crippen LogP contribution in [0.5, 0.6) is 17.2 Å².